The number of pyridine rings is 1. The van der Waals surface area contributed by atoms with Crippen LogP contribution in [-0.2, 0) is 17.1 Å². The Balaban J connectivity index is 1.57. The standard InChI is InChI=1S/C16H19N7O2S/c1-22-10-16(18-11-22)26(24,25)23-8-4-5-13(23)12-9-15(21-20-12)19-14-6-2-3-7-17-14/h2-3,6-7,9-11,13H,4-5,8H2,1H3,(H2,17,19,20,21)/t13-/m1/s1. The van der Waals surface area contributed by atoms with Crippen molar-refractivity contribution in [1.29, 1.82) is 0 Å². The molecule has 3 aromatic rings. The van der Waals surface area contributed by atoms with Crippen molar-refractivity contribution in [2.75, 3.05) is 11.9 Å². The second-order valence-corrected chi connectivity index (χ2v) is 8.04. The molecular formula is C16H19N7O2S. The summed E-state index contributed by atoms with van der Waals surface area (Å²) in [4.78, 5) is 8.20. The number of aromatic amines is 1. The molecule has 0 aliphatic carbocycles. The van der Waals surface area contributed by atoms with Gasteiger partial charge in [0.25, 0.3) is 10.0 Å². The number of anilines is 2. The molecule has 1 fully saturated rings. The van der Waals surface area contributed by atoms with E-state index in [1.54, 1.807) is 17.8 Å². The van der Waals surface area contributed by atoms with Crippen LogP contribution in [0.2, 0.25) is 0 Å². The van der Waals surface area contributed by atoms with Crippen molar-refractivity contribution < 1.29 is 8.42 Å². The van der Waals surface area contributed by atoms with Gasteiger partial charge in [-0.15, -0.1) is 0 Å². The van der Waals surface area contributed by atoms with Crippen molar-refractivity contribution in [1.82, 2.24) is 29.0 Å². The molecule has 0 bridgehead atoms. The number of hydrogen-bond acceptors (Lipinski definition) is 6. The maximum atomic E-state index is 12.9. The summed E-state index contributed by atoms with van der Waals surface area (Å²) in [7, 11) is -1.90. The van der Waals surface area contributed by atoms with Crippen LogP contribution in [0.1, 0.15) is 24.6 Å². The lowest BCUT2D eigenvalue weighted by atomic mass is 10.2. The quantitative estimate of drug-likeness (QED) is 0.706. The van der Waals surface area contributed by atoms with E-state index in [2.05, 4.69) is 25.5 Å². The lowest BCUT2D eigenvalue weighted by Gasteiger charge is -2.21. The Bertz CT molecular complexity index is 997. The van der Waals surface area contributed by atoms with Crippen LogP contribution >= 0.6 is 0 Å². The molecular weight excluding hydrogens is 354 g/mol. The van der Waals surface area contributed by atoms with Crippen molar-refractivity contribution in [2.24, 2.45) is 7.05 Å². The van der Waals surface area contributed by atoms with Gasteiger partial charge in [0.2, 0.25) is 0 Å². The molecule has 0 unspecified atom stereocenters. The third-order valence-electron chi connectivity index (χ3n) is 4.34. The molecule has 0 saturated carbocycles. The zero-order valence-electron chi connectivity index (χ0n) is 14.2. The molecule has 0 radical (unpaired) electrons. The Morgan fingerprint density at radius 3 is 2.88 bits per heavy atom. The Morgan fingerprint density at radius 2 is 2.15 bits per heavy atom. The molecule has 3 aromatic heterocycles. The highest BCUT2D eigenvalue weighted by molar-refractivity contribution is 7.89. The van der Waals surface area contributed by atoms with Crippen LogP contribution in [0.15, 0.2) is 48.0 Å². The average molecular weight is 373 g/mol. The summed E-state index contributed by atoms with van der Waals surface area (Å²) in [6, 6.07) is 7.09. The van der Waals surface area contributed by atoms with E-state index in [9.17, 15) is 8.42 Å². The number of H-pyrrole nitrogens is 1. The van der Waals surface area contributed by atoms with E-state index in [0.29, 0.717) is 18.2 Å². The highest BCUT2D eigenvalue weighted by Crippen LogP contribution is 2.36. The van der Waals surface area contributed by atoms with Crippen LogP contribution < -0.4 is 5.32 Å². The fraction of sp³-hybridized carbons (Fsp3) is 0.312. The number of nitrogens with one attached hydrogen (secondary N) is 2. The number of nitrogens with zero attached hydrogens (tertiary/aromatic N) is 5. The van der Waals surface area contributed by atoms with Gasteiger partial charge in [0.1, 0.15) is 5.82 Å². The van der Waals surface area contributed by atoms with Gasteiger partial charge in [-0.05, 0) is 25.0 Å². The third kappa shape index (κ3) is 3.08. The molecule has 1 saturated heterocycles. The van der Waals surface area contributed by atoms with Gasteiger partial charge < -0.3 is 9.88 Å². The SMILES string of the molecule is Cn1cnc(S(=O)(=O)N2CCC[C@@H]2c2cc(Nc3ccccn3)n[nH]2)c1. The van der Waals surface area contributed by atoms with Gasteiger partial charge in [-0.3, -0.25) is 5.10 Å². The maximum absolute atomic E-state index is 12.9. The summed E-state index contributed by atoms with van der Waals surface area (Å²) in [6.07, 6.45) is 6.22. The molecule has 0 aromatic carbocycles. The largest absolute Gasteiger partial charge is 0.339 e. The predicted molar refractivity (Wildman–Crippen MR) is 95.2 cm³/mol. The highest BCUT2D eigenvalue weighted by Gasteiger charge is 2.38. The Hall–Kier alpha value is -2.72. The second kappa shape index (κ2) is 6.54. The number of aromatic nitrogens is 5. The van der Waals surface area contributed by atoms with E-state index in [1.165, 1.54) is 16.8 Å². The molecule has 1 aliphatic rings. The Labute approximate surface area is 151 Å². The molecule has 136 valence electrons. The number of rotatable bonds is 5. The van der Waals surface area contributed by atoms with E-state index in [0.717, 1.165) is 18.5 Å². The smallest absolute Gasteiger partial charge is 0.262 e. The molecule has 4 heterocycles. The second-order valence-electron chi connectivity index (χ2n) is 6.20. The van der Waals surface area contributed by atoms with Gasteiger partial charge in [-0.1, -0.05) is 6.07 Å². The first-order valence-electron chi connectivity index (χ1n) is 8.27. The summed E-state index contributed by atoms with van der Waals surface area (Å²) in [5.41, 5.74) is 0.750. The van der Waals surface area contributed by atoms with Gasteiger partial charge in [-0.2, -0.15) is 9.40 Å². The maximum Gasteiger partial charge on any atom is 0.262 e. The number of imidazole rings is 1. The van der Waals surface area contributed by atoms with Crippen LogP contribution in [0, 0.1) is 0 Å². The van der Waals surface area contributed by atoms with E-state index >= 15 is 0 Å². The molecule has 1 atom stereocenters. The molecule has 0 amide bonds. The predicted octanol–water partition coefficient (Wildman–Crippen LogP) is 1.81. The number of sulfonamides is 1. The topological polar surface area (TPSA) is 109 Å². The summed E-state index contributed by atoms with van der Waals surface area (Å²) >= 11 is 0. The minimum Gasteiger partial charge on any atom is -0.339 e. The van der Waals surface area contributed by atoms with E-state index in [-0.39, 0.29) is 11.1 Å². The fourth-order valence-corrected chi connectivity index (χ4v) is 4.76. The zero-order chi connectivity index (χ0) is 18.1. The van der Waals surface area contributed by atoms with Gasteiger partial charge in [0.15, 0.2) is 10.8 Å². The van der Waals surface area contributed by atoms with Crippen molar-refractivity contribution in [3.05, 3.63) is 48.7 Å². The van der Waals surface area contributed by atoms with E-state index in [4.69, 9.17) is 0 Å². The molecule has 2 N–H and O–H groups in total. The van der Waals surface area contributed by atoms with Gasteiger partial charge in [0, 0.05) is 32.1 Å². The van der Waals surface area contributed by atoms with Gasteiger partial charge in [-0.25, -0.2) is 18.4 Å². The summed E-state index contributed by atoms with van der Waals surface area (Å²) in [5.74, 6) is 1.27. The molecule has 10 heteroatoms. The molecule has 0 spiro atoms. The van der Waals surface area contributed by atoms with Gasteiger partial charge >= 0.3 is 0 Å². The first-order chi connectivity index (χ1) is 12.5. The van der Waals surface area contributed by atoms with Crippen LogP contribution in [-0.4, -0.2) is 44.0 Å². The Morgan fingerprint density at radius 1 is 1.27 bits per heavy atom. The average Bonchev–Trinajstić information content (AvgIpc) is 3.35. The van der Waals surface area contributed by atoms with Crippen LogP contribution in [0.3, 0.4) is 0 Å². The van der Waals surface area contributed by atoms with Crippen molar-refractivity contribution in [2.45, 2.75) is 23.9 Å². The lowest BCUT2D eigenvalue weighted by Crippen LogP contribution is -2.31. The minimum absolute atomic E-state index is 0.0678. The van der Waals surface area contributed by atoms with Crippen molar-refractivity contribution in [3.8, 4) is 0 Å². The molecule has 26 heavy (non-hydrogen) atoms. The fourth-order valence-electron chi connectivity index (χ4n) is 3.12. The minimum atomic E-state index is -3.64. The first-order valence-corrected chi connectivity index (χ1v) is 9.71. The zero-order valence-corrected chi connectivity index (χ0v) is 15.0. The van der Waals surface area contributed by atoms with Gasteiger partial charge in [0.05, 0.1) is 18.1 Å². The van der Waals surface area contributed by atoms with E-state index < -0.39 is 10.0 Å². The molecule has 4 rings (SSSR count). The van der Waals surface area contributed by atoms with Crippen molar-refractivity contribution in [3.63, 3.8) is 0 Å². The Kier molecular flexibility index (Phi) is 4.21. The van der Waals surface area contributed by atoms with Crippen LogP contribution in [0.5, 0.6) is 0 Å². The summed E-state index contributed by atoms with van der Waals surface area (Å²) < 4.78 is 29.0. The first kappa shape index (κ1) is 16.7. The number of aryl methyl sites for hydroxylation is 1. The number of hydrogen-bond donors (Lipinski definition) is 2. The molecule has 9 nitrogen and oxygen atoms in total. The van der Waals surface area contributed by atoms with Crippen molar-refractivity contribution >= 4 is 21.7 Å². The molecule has 1 aliphatic heterocycles. The summed E-state index contributed by atoms with van der Waals surface area (Å²) in [6.45, 7) is 0.464. The van der Waals surface area contributed by atoms with Crippen LogP contribution in [0.25, 0.3) is 0 Å². The van der Waals surface area contributed by atoms with Crippen LogP contribution in [0.4, 0.5) is 11.6 Å². The highest BCUT2D eigenvalue weighted by atomic mass is 32.2. The third-order valence-corrected chi connectivity index (χ3v) is 6.13. The lowest BCUT2D eigenvalue weighted by molar-refractivity contribution is 0.388. The monoisotopic (exact) mass is 373 g/mol. The van der Waals surface area contributed by atoms with E-state index in [1.807, 2.05) is 24.3 Å². The summed E-state index contributed by atoms with van der Waals surface area (Å²) in [5, 5.41) is 10.4. The normalized spacial score (nSPS) is 18.3.